The molecule has 0 spiro atoms. The van der Waals surface area contributed by atoms with Crippen LogP contribution in [-0.2, 0) is 4.79 Å². The molecule has 4 N–H and O–H groups in total. The summed E-state index contributed by atoms with van der Waals surface area (Å²) in [7, 11) is 0. The number of H-pyrrole nitrogens is 1. The molecule has 5 nitrogen and oxygen atoms in total. The van der Waals surface area contributed by atoms with Crippen LogP contribution in [0.25, 0.3) is 11.3 Å². The first kappa shape index (κ1) is 14.8. The Hall–Kier alpha value is -2.11. The number of imidazole rings is 1. The van der Waals surface area contributed by atoms with Crippen molar-refractivity contribution in [3.63, 3.8) is 0 Å². The summed E-state index contributed by atoms with van der Waals surface area (Å²) in [6.45, 7) is 0. The summed E-state index contributed by atoms with van der Waals surface area (Å²) in [4.78, 5) is 19.6. The second-order valence-electron chi connectivity index (χ2n) is 5.23. The van der Waals surface area contributed by atoms with Gasteiger partial charge in [0.25, 0.3) is 0 Å². The summed E-state index contributed by atoms with van der Waals surface area (Å²) in [5.74, 6) is 0.609. The van der Waals surface area contributed by atoms with Gasteiger partial charge in [0.15, 0.2) is 0 Å². The minimum Gasteiger partial charge on any atom is -0.331 e. The third-order valence-electron chi connectivity index (χ3n) is 3.58. The van der Waals surface area contributed by atoms with E-state index >= 15 is 0 Å². The highest BCUT2D eigenvalue weighted by molar-refractivity contribution is 6.32. The molecule has 2 aromatic rings. The summed E-state index contributed by atoms with van der Waals surface area (Å²) in [5, 5.41) is 3.34. The quantitative estimate of drug-likeness (QED) is 0.651. The van der Waals surface area contributed by atoms with Gasteiger partial charge in [0.1, 0.15) is 16.7 Å². The molecule has 1 aliphatic rings. The smallest absolute Gasteiger partial charge is 0.224 e. The van der Waals surface area contributed by atoms with Gasteiger partial charge in [-0.05, 0) is 18.9 Å². The number of nitrogens with zero attached hydrogens (tertiary/aromatic N) is 1. The van der Waals surface area contributed by atoms with Gasteiger partial charge in [-0.3, -0.25) is 4.79 Å². The first-order valence-electron chi connectivity index (χ1n) is 7.20. The van der Waals surface area contributed by atoms with E-state index in [9.17, 15) is 4.79 Å². The fraction of sp³-hybridized carbons (Fsp3) is 0.250. The summed E-state index contributed by atoms with van der Waals surface area (Å²) < 4.78 is 0. The number of nitrogens with one attached hydrogen (secondary N) is 2. The van der Waals surface area contributed by atoms with Gasteiger partial charge in [0.2, 0.25) is 5.91 Å². The molecule has 0 saturated carbocycles. The minimum atomic E-state index is -0.251. The molecule has 0 radical (unpaired) electrons. The van der Waals surface area contributed by atoms with E-state index in [1.165, 1.54) is 0 Å². The lowest BCUT2D eigenvalue weighted by Crippen LogP contribution is -2.11. The lowest BCUT2D eigenvalue weighted by atomic mass is 10.1. The largest absolute Gasteiger partial charge is 0.331 e. The molecule has 6 heteroatoms. The molecule has 1 aromatic carbocycles. The molecule has 0 unspecified atom stereocenters. The van der Waals surface area contributed by atoms with Gasteiger partial charge in [-0.25, -0.2) is 4.98 Å². The molecule has 3 rings (SSSR count). The van der Waals surface area contributed by atoms with Crippen molar-refractivity contribution < 1.29 is 4.79 Å². The molecule has 0 fully saturated rings. The Kier molecular flexibility index (Phi) is 4.27. The number of nitrogens with two attached hydrogens (primary N) is 1. The zero-order chi connectivity index (χ0) is 15.5. The van der Waals surface area contributed by atoms with Crippen molar-refractivity contribution in [3.8, 4) is 11.3 Å². The van der Waals surface area contributed by atoms with Crippen LogP contribution in [0.5, 0.6) is 0 Å². The molecule has 1 aliphatic heterocycles. The average molecular weight is 317 g/mol. The number of carbonyl (C=O) groups excluding carboxylic acids is 1. The second kappa shape index (κ2) is 6.34. The van der Waals surface area contributed by atoms with Gasteiger partial charge >= 0.3 is 0 Å². The van der Waals surface area contributed by atoms with E-state index in [1.807, 2.05) is 36.4 Å². The number of aromatic amines is 1. The van der Waals surface area contributed by atoms with Crippen LogP contribution in [0.3, 0.4) is 0 Å². The number of benzene rings is 1. The molecule has 2 heterocycles. The second-order valence-corrected chi connectivity index (χ2v) is 5.61. The molecule has 1 atom stereocenters. The predicted molar refractivity (Wildman–Crippen MR) is 87.6 cm³/mol. The monoisotopic (exact) mass is 316 g/mol. The Morgan fingerprint density at radius 1 is 1.27 bits per heavy atom. The Morgan fingerprint density at radius 2 is 2.09 bits per heavy atom. The normalized spacial score (nSPS) is 18.6. The van der Waals surface area contributed by atoms with Gasteiger partial charge in [-0.2, -0.15) is 0 Å². The fourth-order valence-corrected chi connectivity index (χ4v) is 2.66. The fourth-order valence-electron chi connectivity index (χ4n) is 2.42. The van der Waals surface area contributed by atoms with Crippen molar-refractivity contribution in [2.45, 2.75) is 25.3 Å². The van der Waals surface area contributed by atoms with E-state index in [-0.39, 0.29) is 11.9 Å². The highest BCUT2D eigenvalue weighted by atomic mass is 35.5. The van der Waals surface area contributed by atoms with Crippen LogP contribution in [0.2, 0.25) is 5.15 Å². The molecule has 114 valence electrons. The number of halogens is 1. The van der Waals surface area contributed by atoms with E-state index in [0.717, 1.165) is 5.56 Å². The van der Waals surface area contributed by atoms with Crippen molar-refractivity contribution >= 4 is 23.2 Å². The van der Waals surface area contributed by atoms with Gasteiger partial charge in [-0.1, -0.05) is 42.0 Å². The van der Waals surface area contributed by atoms with Crippen molar-refractivity contribution in [3.05, 3.63) is 47.4 Å². The van der Waals surface area contributed by atoms with Gasteiger partial charge in [-0.15, -0.1) is 0 Å². The number of fused-ring (bicyclic) bond motifs is 4. The highest BCUT2D eigenvalue weighted by Gasteiger charge is 2.18. The Balaban J connectivity index is 2.09. The van der Waals surface area contributed by atoms with E-state index in [2.05, 4.69) is 15.3 Å². The molecule has 1 aromatic heterocycles. The maximum Gasteiger partial charge on any atom is 0.224 e. The summed E-state index contributed by atoms with van der Waals surface area (Å²) in [6, 6.07) is 7.22. The molecular weight excluding hydrogens is 300 g/mol. The summed E-state index contributed by atoms with van der Waals surface area (Å²) >= 11 is 6.28. The lowest BCUT2D eigenvalue weighted by molar-refractivity contribution is -0.116. The lowest BCUT2D eigenvalue weighted by Gasteiger charge is -2.09. The molecule has 0 aliphatic carbocycles. The number of para-hydroxylation sites is 1. The van der Waals surface area contributed by atoms with Crippen molar-refractivity contribution in [1.82, 2.24) is 9.97 Å². The highest BCUT2D eigenvalue weighted by Crippen LogP contribution is 2.33. The number of carbonyl (C=O) groups is 1. The van der Waals surface area contributed by atoms with Gasteiger partial charge in [0, 0.05) is 12.0 Å². The molecule has 2 bridgehead atoms. The molecular formula is C16H17ClN4O. The zero-order valence-electron chi connectivity index (χ0n) is 12.0. The topological polar surface area (TPSA) is 83.8 Å². The summed E-state index contributed by atoms with van der Waals surface area (Å²) in [6.07, 6.45) is 5.70. The number of allylic oxidation sites excluding steroid dienone is 1. The van der Waals surface area contributed by atoms with E-state index in [4.69, 9.17) is 17.3 Å². The number of aromatic nitrogens is 2. The predicted octanol–water partition coefficient (Wildman–Crippen LogP) is 3.41. The van der Waals surface area contributed by atoms with E-state index in [0.29, 0.717) is 41.6 Å². The Labute approximate surface area is 133 Å². The molecule has 1 amide bonds. The van der Waals surface area contributed by atoms with Gasteiger partial charge < -0.3 is 16.0 Å². The van der Waals surface area contributed by atoms with Crippen molar-refractivity contribution in [2.75, 3.05) is 5.32 Å². The van der Waals surface area contributed by atoms with Crippen LogP contribution in [0.15, 0.2) is 36.4 Å². The molecule has 22 heavy (non-hydrogen) atoms. The SMILES string of the molecule is N[C@H]1CC=CCCC(=O)Nc2ccccc2-c2nc1[nH]c2Cl. The van der Waals surface area contributed by atoms with Crippen molar-refractivity contribution in [2.24, 2.45) is 5.73 Å². The Morgan fingerprint density at radius 3 is 2.95 bits per heavy atom. The van der Waals surface area contributed by atoms with Crippen LogP contribution in [-0.4, -0.2) is 15.9 Å². The van der Waals surface area contributed by atoms with Gasteiger partial charge in [0.05, 0.1) is 11.7 Å². The third-order valence-corrected chi connectivity index (χ3v) is 3.85. The van der Waals surface area contributed by atoms with E-state index in [1.54, 1.807) is 0 Å². The van der Waals surface area contributed by atoms with Crippen LogP contribution in [0.1, 0.15) is 31.1 Å². The minimum absolute atomic E-state index is 0.0347. The average Bonchev–Trinajstić information content (AvgIpc) is 2.89. The maximum atomic E-state index is 12.0. The third kappa shape index (κ3) is 3.05. The van der Waals surface area contributed by atoms with Crippen LogP contribution >= 0.6 is 11.6 Å². The van der Waals surface area contributed by atoms with Crippen LogP contribution in [0, 0.1) is 0 Å². The Bertz CT molecular complexity index is 723. The number of anilines is 1. The van der Waals surface area contributed by atoms with Crippen molar-refractivity contribution in [1.29, 1.82) is 0 Å². The standard InChI is InChI=1S/C16H17ClN4O/c17-15-14-10-6-4-5-8-12(10)19-13(22)9-3-1-2-7-11(18)16(20-14)21-15/h1-2,4-6,8,11H,3,7,9,18H2,(H,19,22)(H,20,21)/t11-/m0/s1. The number of hydrogen-bond acceptors (Lipinski definition) is 3. The number of rotatable bonds is 0. The number of hydrogen-bond donors (Lipinski definition) is 3. The zero-order valence-corrected chi connectivity index (χ0v) is 12.7. The first-order chi connectivity index (χ1) is 10.6. The first-order valence-corrected chi connectivity index (χ1v) is 7.58. The maximum absolute atomic E-state index is 12.0. The van der Waals surface area contributed by atoms with Crippen LogP contribution < -0.4 is 11.1 Å². The summed E-state index contributed by atoms with van der Waals surface area (Å²) in [5.41, 5.74) is 8.21. The van der Waals surface area contributed by atoms with Crippen LogP contribution in [0.4, 0.5) is 5.69 Å². The molecule has 0 saturated heterocycles. The number of amides is 1. The van der Waals surface area contributed by atoms with E-state index < -0.39 is 0 Å².